The van der Waals surface area contributed by atoms with Gasteiger partial charge in [0.25, 0.3) is 5.91 Å². The van der Waals surface area contributed by atoms with Crippen LogP contribution in [0.25, 0.3) is 0 Å². The molecule has 3 atom stereocenters. The van der Waals surface area contributed by atoms with Gasteiger partial charge in [0.15, 0.2) is 0 Å². The van der Waals surface area contributed by atoms with Gasteiger partial charge in [-0.3, -0.25) is 9.69 Å². The van der Waals surface area contributed by atoms with Crippen molar-refractivity contribution in [2.75, 3.05) is 20.6 Å². The van der Waals surface area contributed by atoms with Gasteiger partial charge in [-0.15, -0.1) is 0 Å². The minimum atomic E-state index is -5.08. The van der Waals surface area contributed by atoms with Gasteiger partial charge >= 0.3 is 12.1 Å². The van der Waals surface area contributed by atoms with Gasteiger partial charge in [0.05, 0.1) is 17.7 Å². The number of carboxylic acid groups (broad SMARTS) is 1. The van der Waals surface area contributed by atoms with Crippen molar-refractivity contribution in [2.24, 2.45) is 0 Å². The molecule has 0 radical (unpaired) electrons. The van der Waals surface area contributed by atoms with Gasteiger partial charge in [0.1, 0.15) is 6.10 Å². The number of rotatable bonds is 3. The normalized spacial score (nSPS) is 23.5. The summed E-state index contributed by atoms with van der Waals surface area (Å²) in [6.45, 7) is 1.79. The van der Waals surface area contributed by atoms with Crippen molar-refractivity contribution >= 4 is 11.9 Å². The topological polar surface area (TPSA) is 93.9 Å². The van der Waals surface area contributed by atoms with E-state index in [1.165, 1.54) is 0 Å². The molecule has 3 rings (SSSR count). The molecule has 0 unspecified atom stereocenters. The summed E-state index contributed by atoms with van der Waals surface area (Å²) in [5.74, 6) is -2.70. The number of ether oxygens (including phenoxy) is 1. The zero-order valence-corrected chi connectivity index (χ0v) is 16.0. The van der Waals surface area contributed by atoms with Crippen molar-refractivity contribution in [1.29, 1.82) is 5.26 Å². The predicted octanol–water partition coefficient (Wildman–Crippen LogP) is 2.01. The number of benzene rings is 1. The lowest BCUT2D eigenvalue weighted by atomic mass is 10.1. The van der Waals surface area contributed by atoms with Crippen LogP contribution in [-0.2, 0) is 20.9 Å². The molecular weight excluding hydrogens is 391 g/mol. The zero-order valence-electron chi connectivity index (χ0n) is 16.0. The standard InChI is InChI=1S/C17H21N3O2.C2HF3O2/c1-19(2)17(21)16-9-14-15(22-16)6-7-20(14)11-13-5-3-4-12(8-13)10-18;3-2(4,5)1(6)7/h3-5,8,14-16H,6-7,9,11H2,1-2H3;(H,6,7)/t14-,15-,16-;/m0./s1. The molecule has 0 aromatic heterocycles. The second-order valence-corrected chi connectivity index (χ2v) is 7.07. The van der Waals surface area contributed by atoms with Crippen molar-refractivity contribution in [1.82, 2.24) is 9.80 Å². The molecule has 7 nitrogen and oxygen atoms in total. The number of fused-ring (bicyclic) bond motifs is 1. The van der Waals surface area contributed by atoms with E-state index < -0.39 is 12.1 Å². The SMILES string of the molecule is CN(C)C(=O)[C@@H]1C[C@H]2[C@H](CCN2Cc2cccc(C#N)c2)O1.O=C(O)C(F)(F)F. The molecule has 2 saturated heterocycles. The molecule has 0 saturated carbocycles. The molecule has 0 aliphatic carbocycles. The first-order valence-electron chi connectivity index (χ1n) is 8.92. The summed E-state index contributed by atoms with van der Waals surface area (Å²) in [5.41, 5.74) is 1.83. The highest BCUT2D eigenvalue weighted by Crippen LogP contribution is 2.34. The lowest BCUT2D eigenvalue weighted by Gasteiger charge is -2.23. The molecular formula is C19H22F3N3O4. The van der Waals surface area contributed by atoms with E-state index in [1.807, 2.05) is 24.3 Å². The van der Waals surface area contributed by atoms with E-state index in [1.54, 1.807) is 19.0 Å². The van der Waals surface area contributed by atoms with Crippen LogP contribution in [0.15, 0.2) is 24.3 Å². The van der Waals surface area contributed by atoms with Crippen molar-refractivity contribution in [3.63, 3.8) is 0 Å². The van der Waals surface area contributed by atoms with Crippen LogP contribution in [0.2, 0.25) is 0 Å². The first-order valence-corrected chi connectivity index (χ1v) is 8.92. The highest BCUT2D eigenvalue weighted by atomic mass is 19.4. The maximum atomic E-state index is 12.1. The maximum Gasteiger partial charge on any atom is 0.490 e. The largest absolute Gasteiger partial charge is 0.490 e. The number of likely N-dealkylation sites (tertiary alicyclic amines) is 1. The molecule has 2 fully saturated rings. The molecule has 1 amide bonds. The van der Waals surface area contributed by atoms with Crippen LogP contribution in [0.3, 0.4) is 0 Å². The molecule has 0 bridgehead atoms. The summed E-state index contributed by atoms with van der Waals surface area (Å²) in [6.07, 6.45) is -3.49. The molecule has 1 aromatic carbocycles. The monoisotopic (exact) mass is 413 g/mol. The van der Waals surface area contributed by atoms with Crippen LogP contribution < -0.4 is 0 Å². The van der Waals surface area contributed by atoms with E-state index >= 15 is 0 Å². The molecule has 158 valence electrons. The Bertz CT molecular complexity index is 792. The number of likely N-dealkylation sites (N-methyl/N-ethyl adjacent to an activating group) is 1. The third kappa shape index (κ3) is 5.92. The Balaban J connectivity index is 0.000000370. The molecule has 29 heavy (non-hydrogen) atoms. The van der Waals surface area contributed by atoms with Gasteiger partial charge in [-0.2, -0.15) is 18.4 Å². The average Bonchev–Trinajstić information content (AvgIpc) is 3.23. The quantitative estimate of drug-likeness (QED) is 0.815. The van der Waals surface area contributed by atoms with Gasteiger partial charge in [-0.25, -0.2) is 4.79 Å². The maximum absolute atomic E-state index is 12.1. The fourth-order valence-corrected chi connectivity index (χ4v) is 3.45. The number of halogens is 3. The van der Waals surface area contributed by atoms with Crippen LogP contribution >= 0.6 is 0 Å². The molecule has 2 heterocycles. The van der Waals surface area contributed by atoms with E-state index in [-0.39, 0.29) is 18.1 Å². The number of nitriles is 1. The van der Waals surface area contributed by atoms with Gasteiger partial charge in [0, 0.05) is 39.6 Å². The number of carbonyl (C=O) groups excluding carboxylic acids is 1. The second kappa shape index (κ2) is 9.24. The minimum Gasteiger partial charge on any atom is -0.475 e. The number of hydrogen-bond acceptors (Lipinski definition) is 5. The van der Waals surface area contributed by atoms with Crippen molar-refractivity contribution in [3.05, 3.63) is 35.4 Å². The Labute approximate surface area is 166 Å². The lowest BCUT2D eigenvalue weighted by molar-refractivity contribution is -0.192. The molecule has 2 aliphatic rings. The van der Waals surface area contributed by atoms with Crippen molar-refractivity contribution in [3.8, 4) is 6.07 Å². The van der Waals surface area contributed by atoms with Crippen LogP contribution in [0, 0.1) is 11.3 Å². The summed E-state index contributed by atoms with van der Waals surface area (Å²) < 4.78 is 37.7. The van der Waals surface area contributed by atoms with Gasteiger partial charge < -0.3 is 14.7 Å². The Morgan fingerprint density at radius 1 is 1.38 bits per heavy atom. The molecule has 10 heteroatoms. The van der Waals surface area contributed by atoms with E-state index in [4.69, 9.17) is 19.9 Å². The third-order valence-electron chi connectivity index (χ3n) is 4.79. The summed E-state index contributed by atoms with van der Waals surface area (Å²) in [5, 5.41) is 16.1. The highest BCUT2D eigenvalue weighted by molar-refractivity contribution is 5.80. The van der Waals surface area contributed by atoms with Crippen LogP contribution in [0.1, 0.15) is 24.0 Å². The van der Waals surface area contributed by atoms with Gasteiger partial charge in [-0.05, 0) is 24.1 Å². The second-order valence-electron chi connectivity index (χ2n) is 7.07. The number of carbonyl (C=O) groups is 2. The van der Waals surface area contributed by atoms with Crippen LogP contribution in [-0.4, -0.2) is 71.8 Å². The van der Waals surface area contributed by atoms with Crippen LogP contribution in [0.4, 0.5) is 13.2 Å². The highest BCUT2D eigenvalue weighted by Gasteiger charge is 2.45. The minimum absolute atomic E-state index is 0.0563. The van der Waals surface area contributed by atoms with E-state index in [2.05, 4.69) is 11.0 Å². The number of carboxylic acids is 1. The number of hydrogen-bond donors (Lipinski definition) is 1. The Morgan fingerprint density at radius 2 is 2.03 bits per heavy atom. The Morgan fingerprint density at radius 3 is 2.59 bits per heavy atom. The fourth-order valence-electron chi connectivity index (χ4n) is 3.45. The molecule has 0 spiro atoms. The first kappa shape index (κ1) is 22.6. The fraction of sp³-hybridized carbons (Fsp3) is 0.526. The number of alkyl halides is 3. The number of aliphatic carboxylic acids is 1. The molecule has 1 N–H and O–H groups in total. The Hall–Kier alpha value is -2.64. The summed E-state index contributed by atoms with van der Waals surface area (Å²) in [7, 11) is 3.54. The van der Waals surface area contributed by atoms with E-state index in [9.17, 15) is 18.0 Å². The van der Waals surface area contributed by atoms with Crippen molar-refractivity contribution < 1.29 is 32.6 Å². The average molecular weight is 413 g/mol. The van der Waals surface area contributed by atoms with E-state index in [0.29, 0.717) is 11.6 Å². The first-order chi connectivity index (χ1) is 13.5. The van der Waals surface area contributed by atoms with E-state index in [0.717, 1.165) is 31.5 Å². The van der Waals surface area contributed by atoms with Crippen LogP contribution in [0.5, 0.6) is 0 Å². The lowest BCUT2D eigenvalue weighted by Crippen LogP contribution is -2.35. The number of nitrogens with zero attached hydrogens (tertiary/aromatic N) is 3. The van der Waals surface area contributed by atoms with Gasteiger partial charge in [0.2, 0.25) is 0 Å². The summed E-state index contributed by atoms with van der Waals surface area (Å²) >= 11 is 0. The zero-order chi connectivity index (χ0) is 21.8. The number of amides is 1. The third-order valence-corrected chi connectivity index (χ3v) is 4.79. The summed E-state index contributed by atoms with van der Waals surface area (Å²) in [6, 6.07) is 10.2. The van der Waals surface area contributed by atoms with Gasteiger partial charge in [-0.1, -0.05) is 12.1 Å². The predicted molar refractivity (Wildman–Crippen MR) is 95.6 cm³/mol. The summed E-state index contributed by atoms with van der Waals surface area (Å²) in [4.78, 5) is 24.9. The molecule has 1 aromatic rings. The smallest absolute Gasteiger partial charge is 0.475 e. The Kier molecular flexibility index (Phi) is 7.21. The van der Waals surface area contributed by atoms with Crippen molar-refractivity contribution in [2.45, 2.75) is 43.8 Å². The molecule has 2 aliphatic heterocycles.